The lowest BCUT2D eigenvalue weighted by molar-refractivity contribution is -0.385. The molecular formula is C11H13ClN2O4. The topological polar surface area (TPSA) is 95.5 Å². The third-order valence-corrected chi connectivity index (χ3v) is 2.50. The highest BCUT2D eigenvalue weighted by Gasteiger charge is 2.21. The number of nitrogens with two attached hydrogens (primary N) is 1. The Kier molecular flexibility index (Phi) is 5.06. The lowest BCUT2D eigenvalue weighted by atomic mass is 10.0. The summed E-state index contributed by atoms with van der Waals surface area (Å²) in [5, 5.41) is 11.2. The van der Waals surface area contributed by atoms with Gasteiger partial charge in [0.1, 0.15) is 6.04 Å². The molecule has 0 saturated carbocycles. The van der Waals surface area contributed by atoms with Crippen LogP contribution in [0, 0.1) is 10.1 Å². The van der Waals surface area contributed by atoms with Crippen LogP contribution in [0.3, 0.4) is 0 Å². The molecule has 1 rings (SSSR count). The van der Waals surface area contributed by atoms with Crippen LogP contribution in [0.5, 0.6) is 0 Å². The molecule has 0 bridgehead atoms. The average molecular weight is 273 g/mol. The third kappa shape index (κ3) is 3.68. The summed E-state index contributed by atoms with van der Waals surface area (Å²) in [4.78, 5) is 21.6. The molecule has 0 amide bonds. The van der Waals surface area contributed by atoms with E-state index in [1.807, 2.05) is 0 Å². The zero-order valence-corrected chi connectivity index (χ0v) is 10.5. The van der Waals surface area contributed by atoms with E-state index in [9.17, 15) is 14.9 Å². The summed E-state index contributed by atoms with van der Waals surface area (Å²) in [5.74, 6) is -0.591. The number of hydrogen-bond acceptors (Lipinski definition) is 5. The molecule has 0 aliphatic carbocycles. The minimum absolute atomic E-state index is 0.00963. The number of carbonyl (C=O) groups excluding carboxylic acids is 1. The fraction of sp³-hybridized carbons (Fsp3) is 0.364. The predicted molar refractivity (Wildman–Crippen MR) is 66.4 cm³/mol. The van der Waals surface area contributed by atoms with Crippen molar-refractivity contribution in [2.45, 2.75) is 19.4 Å². The molecule has 1 aromatic rings. The molecule has 0 spiro atoms. The summed E-state index contributed by atoms with van der Waals surface area (Å²) in [7, 11) is 0. The summed E-state index contributed by atoms with van der Waals surface area (Å²) in [6.07, 6.45) is 0.00963. The van der Waals surface area contributed by atoms with Gasteiger partial charge in [0.25, 0.3) is 5.69 Å². The standard InChI is InChI=1S/C11H13ClN2O4/c1-2-18-11(15)9(13)6-7-5-8(12)3-4-10(7)14(16)17/h3-5,9H,2,6,13H2,1H3. The quantitative estimate of drug-likeness (QED) is 0.500. The van der Waals surface area contributed by atoms with Gasteiger partial charge in [-0.3, -0.25) is 14.9 Å². The molecule has 2 N–H and O–H groups in total. The van der Waals surface area contributed by atoms with Crippen LogP contribution in [0.25, 0.3) is 0 Å². The Labute approximate surface area is 109 Å². The Hall–Kier alpha value is -1.66. The summed E-state index contributed by atoms with van der Waals surface area (Å²) >= 11 is 5.77. The number of nitro groups is 1. The Balaban J connectivity index is 2.92. The second-order valence-corrected chi connectivity index (χ2v) is 4.03. The fourth-order valence-corrected chi connectivity index (χ4v) is 1.66. The molecule has 0 aliphatic rings. The predicted octanol–water partition coefficient (Wildman–Crippen LogP) is 1.68. The molecule has 1 unspecified atom stereocenters. The van der Waals surface area contributed by atoms with Crippen LogP contribution >= 0.6 is 11.6 Å². The van der Waals surface area contributed by atoms with Gasteiger partial charge in [-0.25, -0.2) is 0 Å². The van der Waals surface area contributed by atoms with E-state index in [1.54, 1.807) is 6.92 Å². The maximum absolute atomic E-state index is 11.4. The maximum atomic E-state index is 11.4. The lowest BCUT2D eigenvalue weighted by Crippen LogP contribution is -2.34. The van der Waals surface area contributed by atoms with Crippen LogP contribution in [-0.2, 0) is 16.0 Å². The van der Waals surface area contributed by atoms with E-state index >= 15 is 0 Å². The molecule has 0 heterocycles. The Morgan fingerprint density at radius 2 is 2.28 bits per heavy atom. The summed E-state index contributed by atoms with van der Waals surface area (Å²) in [6, 6.07) is 3.19. The normalized spacial score (nSPS) is 11.9. The number of benzene rings is 1. The molecule has 0 radical (unpaired) electrons. The van der Waals surface area contributed by atoms with Crippen LogP contribution in [0.2, 0.25) is 5.02 Å². The lowest BCUT2D eigenvalue weighted by Gasteiger charge is -2.10. The first kappa shape index (κ1) is 14.4. The minimum atomic E-state index is -0.942. The van der Waals surface area contributed by atoms with Gasteiger partial charge in [-0.2, -0.15) is 0 Å². The van der Waals surface area contributed by atoms with Gasteiger partial charge in [0.2, 0.25) is 0 Å². The highest BCUT2D eigenvalue weighted by molar-refractivity contribution is 6.30. The first-order valence-electron chi connectivity index (χ1n) is 5.30. The first-order valence-corrected chi connectivity index (χ1v) is 5.68. The minimum Gasteiger partial charge on any atom is -0.465 e. The number of nitrogens with zero attached hydrogens (tertiary/aromatic N) is 1. The fourth-order valence-electron chi connectivity index (χ4n) is 1.47. The van der Waals surface area contributed by atoms with Crippen LogP contribution in [0.1, 0.15) is 12.5 Å². The zero-order valence-electron chi connectivity index (χ0n) is 9.76. The molecule has 7 heteroatoms. The highest BCUT2D eigenvalue weighted by atomic mass is 35.5. The van der Waals surface area contributed by atoms with E-state index in [0.717, 1.165) is 0 Å². The maximum Gasteiger partial charge on any atom is 0.323 e. The molecule has 6 nitrogen and oxygen atoms in total. The van der Waals surface area contributed by atoms with E-state index in [2.05, 4.69) is 0 Å². The third-order valence-electron chi connectivity index (χ3n) is 2.27. The monoisotopic (exact) mass is 272 g/mol. The van der Waals surface area contributed by atoms with Crippen molar-refractivity contribution in [1.82, 2.24) is 0 Å². The van der Waals surface area contributed by atoms with Crippen LogP contribution in [-0.4, -0.2) is 23.5 Å². The van der Waals surface area contributed by atoms with E-state index in [4.69, 9.17) is 22.1 Å². The largest absolute Gasteiger partial charge is 0.465 e. The molecule has 1 aromatic carbocycles. The SMILES string of the molecule is CCOC(=O)C(N)Cc1cc(Cl)ccc1[N+](=O)[O-]. The molecule has 1 atom stereocenters. The summed E-state index contributed by atoms with van der Waals surface area (Å²) in [6.45, 7) is 1.87. The highest BCUT2D eigenvalue weighted by Crippen LogP contribution is 2.23. The molecule has 98 valence electrons. The average Bonchev–Trinajstić information content (AvgIpc) is 2.28. The summed E-state index contributed by atoms with van der Waals surface area (Å²) < 4.78 is 4.74. The van der Waals surface area contributed by atoms with Gasteiger partial charge in [0.15, 0.2) is 0 Å². The van der Waals surface area contributed by atoms with Crippen LogP contribution < -0.4 is 5.73 Å². The number of carbonyl (C=O) groups is 1. The number of hydrogen-bond donors (Lipinski definition) is 1. The van der Waals surface area contributed by atoms with Crippen molar-refractivity contribution in [3.63, 3.8) is 0 Å². The molecule has 0 fully saturated rings. The van der Waals surface area contributed by atoms with Crippen molar-refractivity contribution >= 4 is 23.3 Å². The second-order valence-electron chi connectivity index (χ2n) is 3.59. The molecular weight excluding hydrogens is 260 g/mol. The van der Waals surface area contributed by atoms with E-state index in [0.29, 0.717) is 10.6 Å². The van der Waals surface area contributed by atoms with Gasteiger partial charge < -0.3 is 10.5 Å². The van der Waals surface area contributed by atoms with E-state index in [-0.39, 0.29) is 18.7 Å². The summed E-state index contributed by atoms with van der Waals surface area (Å²) in [5.41, 5.74) is 5.82. The van der Waals surface area contributed by atoms with Crippen LogP contribution in [0.4, 0.5) is 5.69 Å². The Morgan fingerprint density at radius 3 is 2.83 bits per heavy atom. The molecule has 0 aliphatic heterocycles. The Morgan fingerprint density at radius 1 is 1.61 bits per heavy atom. The second kappa shape index (κ2) is 6.32. The van der Waals surface area contributed by atoms with Gasteiger partial charge in [-0.15, -0.1) is 0 Å². The van der Waals surface area contributed by atoms with Gasteiger partial charge in [0.05, 0.1) is 11.5 Å². The smallest absolute Gasteiger partial charge is 0.323 e. The molecule has 0 aromatic heterocycles. The van der Waals surface area contributed by atoms with Gasteiger partial charge in [0, 0.05) is 23.1 Å². The molecule has 18 heavy (non-hydrogen) atoms. The van der Waals surface area contributed by atoms with Crippen LogP contribution in [0.15, 0.2) is 18.2 Å². The first-order chi connectivity index (χ1) is 8.45. The van der Waals surface area contributed by atoms with Crippen molar-refractivity contribution in [3.8, 4) is 0 Å². The van der Waals surface area contributed by atoms with Crippen molar-refractivity contribution in [2.75, 3.05) is 6.61 Å². The number of halogens is 1. The van der Waals surface area contributed by atoms with Gasteiger partial charge in [-0.1, -0.05) is 11.6 Å². The number of esters is 1. The Bertz CT molecular complexity index is 464. The van der Waals surface area contributed by atoms with Gasteiger partial charge >= 0.3 is 5.97 Å². The van der Waals surface area contributed by atoms with Crippen molar-refractivity contribution in [2.24, 2.45) is 5.73 Å². The number of nitro benzene ring substituents is 1. The molecule has 0 saturated heterocycles. The van der Waals surface area contributed by atoms with Crippen molar-refractivity contribution < 1.29 is 14.5 Å². The number of rotatable bonds is 5. The van der Waals surface area contributed by atoms with Crippen molar-refractivity contribution in [3.05, 3.63) is 38.9 Å². The van der Waals surface area contributed by atoms with Crippen molar-refractivity contribution in [1.29, 1.82) is 0 Å². The number of ether oxygens (including phenoxy) is 1. The van der Waals surface area contributed by atoms with E-state index < -0.39 is 16.9 Å². The van der Waals surface area contributed by atoms with Gasteiger partial charge in [-0.05, 0) is 19.1 Å². The van der Waals surface area contributed by atoms with E-state index in [1.165, 1.54) is 18.2 Å². The zero-order chi connectivity index (χ0) is 13.7.